The molecule has 2 aromatic rings. The number of anilines is 1. The Bertz CT molecular complexity index is 1200. The number of fused-ring (bicyclic) bond motifs is 1. The molecule has 0 aromatic carbocycles. The van der Waals surface area contributed by atoms with Crippen LogP contribution in [0.3, 0.4) is 0 Å². The van der Waals surface area contributed by atoms with Gasteiger partial charge in [0.15, 0.2) is 5.16 Å². The fraction of sp³-hybridized carbons (Fsp3) is 0.655. The van der Waals surface area contributed by atoms with Gasteiger partial charge in [-0.3, -0.25) is 4.79 Å². The highest BCUT2D eigenvalue weighted by molar-refractivity contribution is 7.99. The molecule has 0 spiro atoms. The summed E-state index contributed by atoms with van der Waals surface area (Å²) in [5, 5.41) is 13.5. The zero-order valence-corrected chi connectivity index (χ0v) is 23.9. The summed E-state index contributed by atoms with van der Waals surface area (Å²) in [7, 11) is 0. The Kier molecular flexibility index (Phi) is 7.42. The third kappa shape index (κ3) is 5.08. The molecule has 5 aliphatic rings. The van der Waals surface area contributed by atoms with Crippen LogP contribution in [-0.4, -0.2) is 39.0 Å². The number of nitrogens with zero attached hydrogens (tertiary/aromatic N) is 3. The van der Waals surface area contributed by atoms with E-state index in [1.165, 1.54) is 66.5 Å². The molecule has 38 heavy (non-hydrogen) atoms. The van der Waals surface area contributed by atoms with Crippen molar-refractivity contribution in [2.24, 2.45) is 23.2 Å². The van der Waals surface area contributed by atoms with Crippen LogP contribution in [0.25, 0.3) is 0 Å². The highest BCUT2D eigenvalue weighted by Crippen LogP contribution is 2.61. The molecule has 1 N–H and O–H groups in total. The minimum atomic E-state index is -0.338. The van der Waals surface area contributed by atoms with Crippen molar-refractivity contribution in [3.63, 3.8) is 0 Å². The van der Waals surface area contributed by atoms with Gasteiger partial charge >= 0.3 is 5.97 Å². The van der Waals surface area contributed by atoms with Gasteiger partial charge in [0, 0.05) is 17.8 Å². The quantitative estimate of drug-likeness (QED) is 0.218. The maximum atomic E-state index is 13.1. The Morgan fingerprint density at radius 1 is 1.16 bits per heavy atom. The average Bonchev–Trinajstić information content (AvgIpc) is 3.42. The monoisotopic (exact) mass is 554 g/mol. The van der Waals surface area contributed by atoms with Crippen LogP contribution >= 0.6 is 23.1 Å². The number of hydrogen-bond donors (Lipinski definition) is 1. The van der Waals surface area contributed by atoms with E-state index in [1.807, 2.05) is 13.0 Å². The van der Waals surface area contributed by atoms with Crippen LogP contribution in [0.15, 0.2) is 17.8 Å². The van der Waals surface area contributed by atoms with E-state index in [0.717, 1.165) is 66.4 Å². The van der Waals surface area contributed by atoms with Crippen LogP contribution in [0, 0.1) is 23.2 Å². The molecule has 4 fully saturated rings. The van der Waals surface area contributed by atoms with Crippen LogP contribution in [0.1, 0.15) is 84.9 Å². The summed E-state index contributed by atoms with van der Waals surface area (Å²) >= 11 is 2.93. The Morgan fingerprint density at radius 3 is 2.55 bits per heavy atom. The minimum Gasteiger partial charge on any atom is -0.462 e. The summed E-state index contributed by atoms with van der Waals surface area (Å²) in [6, 6.07) is 0. The van der Waals surface area contributed by atoms with Crippen molar-refractivity contribution in [3.8, 4) is 0 Å². The molecule has 2 aromatic heterocycles. The van der Waals surface area contributed by atoms with E-state index in [9.17, 15) is 9.59 Å². The van der Waals surface area contributed by atoms with E-state index in [2.05, 4.69) is 26.7 Å². The smallest absolute Gasteiger partial charge is 0.341 e. The van der Waals surface area contributed by atoms with Crippen LogP contribution in [-0.2, 0) is 35.3 Å². The summed E-state index contributed by atoms with van der Waals surface area (Å²) in [6.07, 6.45) is 15.1. The second-order valence-electron chi connectivity index (χ2n) is 11.9. The van der Waals surface area contributed by atoms with Gasteiger partial charge in [0.05, 0.1) is 17.9 Å². The Hall–Kier alpha value is -2.13. The molecule has 4 saturated carbocycles. The summed E-state index contributed by atoms with van der Waals surface area (Å²) in [5.74, 6) is 3.46. The topological polar surface area (TPSA) is 86.1 Å². The number of nitrogens with one attached hydrogen (secondary N) is 1. The van der Waals surface area contributed by atoms with Gasteiger partial charge in [0.2, 0.25) is 5.91 Å². The molecule has 0 radical (unpaired) electrons. The molecular weight excluding hydrogens is 516 g/mol. The lowest BCUT2D eigenvalue weighted by molar-refractivity contribution is -0.113. The summed E-state index contributed by atoms with van der Waals surface area (Å²) in [4.78, 5) is 27.0. The standard InChI is InChI=1S/C29H38N4O3S2/c1-3-9-33-23(16-29-13-18-10-19(14-29)12-20(11-18)15-29)31-32-28(33)37-17-24(34)30-26-25(27(35)36-4-2)21-7-5-6-8-22(21)38-26/h3,18-20H,1,4-17H2,2H3,(H,30,34). The van der Waals surface area contributed by atoms with Gasteiger partial charge in [-0.1, -0.05) is 17.8 Å². The lowest BCUT2D eigenvalue weighted by Crippen LogP contribution is -2.47. The second kappa shape index (κ2) is 10.8. The zero-order chi connectivity index (χ0) is 26.3. The Morgan fingerprint density at radius 2 is 1.87 bits per heavy atom. The number of thioether (sulfide) groups is 1. The number of thiophene rings is 1. The predicted octanol–water partition coefficient (Wildman–Crippen LogP) is 6.07. The van der Waals surface area contributed by atoms with Crippen molar-refractivity contribution in [2.45, 2.75) is 89.3 Å². The van der Waals surface area contributed by atoms with Gasteiger partial charge in [0.1, 0.15) is 10.8 Å². The molecule has 0 aliphatic heterocycles. The fourth-order valence-electron chi connectivity index (χ4n) is 8.08. The molecule has 5 aliphatic carbocycles. The maximum Gasteiger partial charge on any atom is 0.341 e. The predicted molar refractivity (Wildman–Crippen MR) is 151 cm³/mol. The van der Waals surface area contributed by atoms with Gasteiger partial charge in [-0.05, 0) is 99.9 Å². The molecule has 9 heteroatoms. The van der Waals surface area contributed by atoms with Crippen molar-refractivity contribution in [1.29, 1.82) is 0 Å². The Balaban J connectivity index is 1.14. The first-order chi connectivity index (χ1) is 18.5. The van der Waals surface area contributed by atoms with Crippen LogP contribution in [0.2, 0.25) is 0 Å². The van der Waals surface area contributed by atoms with Crippen molar-refractivity contribution >= 4 is 40.0 Å². The largest absolute Gasteiger partial charge is 0.462 e. The average molecular weight is 555 g/mol. The lowest BCUT2D eigenvalue weighted by atomic mass is 9.49. The molecule has 7 nitrogen and oxygen atoms in total. The van der Waals surface area contributed by atoms with Crippen LogP contribution in [0.4, 0.5) is 5.00 Å². The van der Waals surface area contributed by atoms with Gasteiger partial charge in [-0.2, -0.15) is 0 Å². The second-order valence-corrected chi connectivity index (χ2v) is 13.9. The number of hydrogen-bond acceptors (Lipinski definition) is 7. The van der Waals surface area contributed by atoms with Gasteiger partial charge in [-0.25, -0.2) is 4.79 Å². The van der Waals surface area contributed by atoms with E-state index in [1.54, 1.807) is 0 Å². The maximum absolute atomic E-state index is 13.1. The molecule has 0 saturated heterocycles. The van der Waals surface area contributed by atoms with Crippen molar-refractivity contribution in [3.05, 3.63) is 34.5 Å². The first kappa shape index (κ1) is 26.1. The third-order valence-electron chi connectivity index (χ3n) is 9.04. The summed E-state index contributed by atoms with van der Waals surface area (Å²) in [5.41, 5.74) is 1.99. The zero-order valence-electron chi connectivity index (χ0n) is 22.3. The van der Waals surface area contributed by atoms with E-state index >= 15 is 0 Å². The van der Waals surface area contributed by atoms with Crippen LogP contribution < -0.4 is 5.32 Å². The molecular formula is C29H38N4O3S2. The fourth-order valence-corrected chi connectivity index (χ4v) is 10.1. The number of ether oxygens (including phenoxy) is 1. The first-order valence-corrected chi connectivity index (χ1v) is 16.0. The van der Waals surface area contributed by atoms with E-state index < -0.39 is 0 Å². The molecule has 1 amide bonds. The number of amides is 1. The van der Waals surface area contributed by atoms with E-state index in [4.69, 9.17) is 4.74 Å². The molecule has 7 rings (SSSR count). The van der Waals surface area contributed by atoms with Crippen molar-refractivity contribution in [2.75, 3.05) is 17.7 Å². The lowest BCUT2D eigenvalue weighted by Gasteiger charge is -2.56. The van der Waals surface area contributed by atoms with Crippen LogP contribution in [0.5, 0.6) is 0 Å². The number of allylic oxidation sites excluding steroid dienone is 1. The summed E-state index contributed by atoms with van der Waals surface area (Å²) < 4.78 is 7.48. The normalized spacial score (nSPS) is 27.2. The highest BCUT2D eigenvalue weighted by Gasteiger charge is 2.51. The highest BCUT2D eigenvalue weighted by atomic mass is 32.2. The molecule has 0 atom stereocenters. The Labute approximate surface area is 233 Å². The molecule has 0 unspecified atom stereocenters. The van der Waals surface area contributed by atoms with E-state index in [0.29, 0.717) is 29.1 Å². The number of carbonyl (C=O) groups is 2. The molecule has 204 valence electrons. The number of aromatic nitrogens is 3. The summed E-state index contributed by atoms with van der Waals surface area (Å²) in [6.45, 7) is 6.73. The number of aryl methyl sites for hydroxylation is 1. The van der Waals surface area contributed by atoms with Crippen molar-refractivity contribution < 1.29 is 14.3 Å². The molecule has 2 heterocycles. The SMILES string of the molecule is C=CCn1c(CC23CC4CC(CC(C4)C2)C3)nnc1SCC(=O)Nc1sc2c(c1C(=O)OCC)CCCC2. The minimum absolute atomic E-state index is 0.144. The van der Waals surface area contributed by atoms with Gasteiger partial charge in [0.25, 0.3) is 0 Å². The van der Waals surface area contributed by atoms with Crippen molar-refractivity contribution in [1.82, 2.24) is 14.8 Å². The van der Waals surface area contributed by atoms with E-state index in [-0.39, 0.29) is 17.6 Å². The number of rotatable bonds is 10. The molecule has 4 bridgehead atoms. The number of carbonyl (C=O) groups excluding carboxylic acids is 2. The third-order valence-corrected chi connectivity index (χ3v) is 11.2. The van der Waals surface area contributed by atoms with Gasteiger partial charge in [-0.15, -0.1) is 28.1 Å². The van der Waals surface area contributed by atoms with Gasteiger partial charge < -0.3 is 14.6 Å². The first-order valence-electron chi connectivity index (χ1n) is 14.2. The number of esters is 1.